The molecule has 0 spiro atoms. The minimum Gasteiger partial charge on any atom is -0.469 e. The fraction of sp³-hybridized carbons (Fsp3) is 0.385. The van der Waals surface area contributed by atoms with Crippen LogP contribution in [0.2, 0.25) is 0 Å². The largest absolute Gasteiger partial charge is 0.469 e. The van der Waals surface area contributed by atoms with E-state index in [0.717, 1.165) is 7.11 Å². The number of hydrogen-bond acceptors (Lipinski definition) is 6. The minimum absolute atomic E-state index is 0.0828. The molecule has 1 N–H and O–H groups in total. The maximum Gasteiger partial charge on any atom is 0.335 e. The maximum atomic E-state index is 11.7. The van der Waals surface area contributed by atoms with E-state index in [1.54, 1.807) is 24.3 Å². The van der Waals surface area contributed by atoms with Gasteiger partial charge in [0, 0.05) is 10.6 Å². The number of carbonyl (C=O) groups excluding carboxylic acids is 2. The molecule has 2 atom stereocenters. The summed E-state index contributed by atoms with van der Waals surface area (Å²) in [4.78, 5) is 25.7. The highest BCUT2D eigenvalue weighted by atomic mass is 16.5. The molecule has 0 amide bonds. The Balaban J connectivity index is 2.92. The quantitative estimate of drug-likeness (QED) is 0.368. The SMILES string of the molecule is COC(=O)C(O)[C@@H](Cc1ccc(N=[N+]=[N-])cc1)C(=O)OC. The maximum absolute atomic E-state index is 11.7. The Morgan fingerprint density at radius 3 is 2.29 bits per heavy atom. The standard InChI is InChI=1S/C13H15N3O5/c1-20-12(18)10(11(17)13(19)21-2)7-8-3-5-9(6-4-8)15-16-14/h3-6,10-11,17H,7H2,1-2H3/t10-,11?/m1/s1. The van der Waals surface area contributed by atoms with Crippen LogP contribution in [-0.2, 0) is 25.5 Å². The van der Waals surface area contributed by atoms with E-state index in [1.807, 2.05) is 0 Å². The first-order valence-electron chi connectivity index (χ1n) is 6.01. The van der Waals surface area contributed by atoms with E-state index in [0.29, 0.717) is 11.3 Å². The number of benzene rings is 1. The zero-order valence-electron chi connectivity index (χ0n) is 11.6. The van der Waals surface area contributed by atoms with Gasteiger partial charge in [-0.3, -0.25) is 4.79 Å². The molecule has 0 radical (unpaired) electrons. The second kappa shape index (κ2) is 7.88. The fourth-order valence-electron chi connectivity index (χ4n) is 1.76. The molecule has 8 heteroatoms. The van der Waals surface area contributed by atoms with Crippen molar-refractivity contribution in [3.05, 3.63) is 40.3 Å². The van der Waals surface area contributed by atoms with Crippen molar-refractivity contribution in [2.45, 2.75) is 12.5 Å². The van der Waals surface area contributed by atoms with Crippen LogP contribution in [0.15, 0.2) is 29.4 Å². The van der Waals surface area contributed by atoms with Crippen LogP contribution in [0.3, 0.4) is 0 Å². The summed E-state index contributed by atoms with van der Waals surface area (Å²) in [5, 5.41) is 13.3. The lowest BCUT2D eigenvalue weighted by molar-refractivity contribution is -0.163. The number of carbonyl (C=O) groups is 2. The van der Waals surface area contributed by atoms with Gasteiger partial charge in [0.05, 0.1) is 20.1 Å². The van der Waals surface area contributed by atoms with Crippen molar-refractivity contribution in [1.29, 1.82) is 0 Å². The van der Waals surface area contributed by atoms with Gasteiger partial charge in [0.1, 0.15) is 0 Å². The third kappa shape index (κ3) is 4.48. The van der Waals surface area contributed by atoms with E-state index < -0.39 is 24.0 Å². The summed E-state index contributed by atoms with van der Waals surface area (Å²) in [6.45, 7) is 0. The number of aliphatic hydroxyl groups excluding tert-OH is 1. The number of rotatable bonds is 6. The van der Waals surface area contributed by atoms with Crippen molar-refractivity contribution in [2.75, 3.05) is 14.2 Å². The molecule has 1 rings (SSSR count). The molecule has 0 aliphatic carbocycles. The van der Waals surface area contributed by atoms with Crippen LogP contribution in [0.5, 0.6) is 0 Å². The van der Waals surface area contributed by atoms with Gasteiger partial charge < -0.3 is 14.6 Å². The molecule has 0 bridgehead atoms. The van der Waals surface area contributed by atoms with Crippen molar-refractivity contribution < 1.29 is 24.2 Å². The summed E-state index contributed by atoms with van der Waals surface area (Å²) in [6, 6.07) is 6.38. The number of azide groups is 1. The topological polar surface area (TPSA) is 122 Å². The summed E-state index contributed by atoms with van der Waals surface area (Å²) >= 11 is 0. The fourth-order valence-corrected chi connectivity index (χ4v) is 1.76. The van der Waals surface area contributed by atoms with Crippen LogP contribution in [0.1, 0.15) is 5.56 Å². The number of methoxy groups -OCH3 is 2. The third-order valence-electron chi connectivity index (χ3n) is 2.88. The Kier molecular flexibility index (Phi) is 6.19. The van der Waals surface area contributed by atoms with E-state index in [9.17, 15) is 14.7 Å². The Bertz CT molecular complexity index is 551. The molecule has 0 heterocycles. The first-order chi connectivity index (χ1) is 10.0. The molecule has 8 nitrogen and oxygen atoms in total. The van der Waals surface area contributed by atoms with E-state index in [2.05, 4.69) is 19.5 Å². The second-order valence-corrected chi connectivity index (χ2v) is 4.16. The van der Waals surface area contributed by atoms with Gasteiger partial charge in [-0.15, -0.1) is 0 Å². The van der Waals surface area contributed by atoms with Crippen molar-refractivity contribution in [1.82, 2.24) is 0 Å². The molecule has 0 aliphatic rings. The van der Waals surface area contributed by atoms with Gasteiger partial charge in [0.15, 0.2) is 6.10 Å². The molecule has 0 saturated heterocycles. The molecule has 1 unspecified atom stereocenters. The van der Waals surface area contributed by atoms with Crippen molar-refractivity contribution >= 4 is 17.6 Å². The third-order valence-corrected chi connectivity index (χ3v) is 2.88. The van der Waals surface area contributed by atoms with E-state index in [4.69, 9.17) is 5.53 Å². The van der Waals surface area contributed by atoms with E-state index in [-0.39, 0.29) is 6.42 Å². The molecule has 21 heavy (non-hydrogen) atoms. The second-order valence-electron chi connectivity index (χ2n) is 4.16. The lowest BCUT2D eigenvalue weighted by Crippen LogP contribution is -2.37. The number of nitrogens with zero attached hydrogens (tertiary/aromatic N) is 3. The summed E-state index contributed by atoms with van der Waals surface area (Å²) in [5.41, 5.74) is 9.41. The summed E-state index contributed by atoms with van der Waals surface area (Å²) in [7, 11) is 2.29. The summed E-state index contributed by atoms with van der Waals surface area (Å²) < 4.78 is 9.01. The van der Waals surface area contributed by atoms with Crippen LogP contribution in [0, 0.1) is 5.92 Å². The molecule has 1 aromatic carbocycles. The molecular weight excluding hydrogens is 278 g/mol. The van der Waals surface area contributed by atoms with Gasteiger partial charge in [-0.1, -0.05) is 29.4 Å². The molecule has 1 aromatic rings. The summed E-state index contributed by atoms with van der Waals surface area (Å²) in [5.74, 6) is -2.70. The number of esters is 2. The van der Waals surface area contributed by atoms with Crippen LogP contribution in [0.25, 0.3) is 10.4 Å². The lowest BCUT2D eigenvalue weighted by atomic mass is 9.94. The number of aliphatic hydroxyl groups is 1. The Morgan fingerprint density at radius 2 is 1.81 bits per heavy atom. The first-order valence-corrected chi connectivity index (χ1v) is 6.01. The van der Waals surface area contributed by atoms with Crippen LogP contribution in [0.4, 0.5) is 5.69 Å². The highest BCUT2D eigenvalue weighted by Crippen LogP contribution is 2.19. The minimum atomic E-state index is -1.61. The highest BCUT2D eigenvalue weighted by molar-refractivity contribution is 5.83. The monoisotopic (exact) mass is 293 g/mol. The molecule has 0 fully saturated rings. The summed E-state index contributed by atoms with van der Waals surface area (Å²) in [6.07, 6.45) is -1.53. The molecule has 0 saturated carbocycles. The van der Waals surface area contributed by atoms with E-state index in [1.165, 1.54) is 7.11 Å². The highest BCUT2D eigenvalue weighted by Gasteiger charge is 2.33. The Labute approximate surface area is 120 Å². The van der Waals surface area contributed by atoms with Crippen LogP contribution >= 0.6 is 0 Å². The zero-order chi connectivity index (χ0) is 15.8. The molecule has 0 aromatic heterocycles. The van der Waals surface area contributed by atoms with Gasteiger partial charge in [0.2, 0.25) is 0 Å². The van der Waals surface area contributed by atoms with Crippen molar-refractivity contribution in [2.24, 2.45) is 11.0 Å². The van der Waals surface area contributed by atoms with Gasteiger partial charge >= 0.3 is 11.9 Å². The van der Waals surface area contributed by atoms with Gasteiger partial charge in [-0.2, -0.15) is 0 Å². The Morgan fingerprint density at radius 1 is 1.24 bits per heavy atom. The number of ether oxygens (including phenoxy) is 2. The Hall–Kier alpha value is -2.57. The molecular formula is C13H15N3O5. The van der Waals surface area contributed by atoms with Crippen LogP contribution in [-0.4, -0.2) is 37.4 Å². The zero-order valence-corrected chi connectivity index (χ0v) is 11.6. The van der Waals surface area contributed by atoms with E-state index >= 15 is 0 Å². The first kappa shape index (κ1) is 16.5. The van der Waals surface area contributed by atoms with Gasteiger partial charge in [0.25, 0.3) is 0 Å². The predicted octanol–water partition coefficient (Wildman–Crippen LogP) is 1.49. The lowest BCUT2D eigenvalue weighted by Gasteiger charge is -2.18. The average Bonchev–Trinajstić information content (AvgIpc) is 2.52. The molecule has 112 valence electrons. The number of hydrogen-bond donors (Lipinski definition) is 1. The van der Waals surface area contributed by atoms with Crippen molar-refractivity contribution in [3.8, 4) is 0 Å². The van der Waals surface area contributed by atoms with Gasteiger partial charge in [-0.05, 0) is 17.5 Å². The van der Waals surface area contributed by atoms with Gasteiger partial charge in [-0.25, -0.2) is 4.79 Å². The predicted molar refractivity (Wildman–Crippen MR) is 72.5 cm³/mol. The molecule has 0 aliphatic heterocycles. The smallest absolute Gasteiger partial charge is 0.335 e. The average molecular weight is 293 g/mol. The normalized spacial score (nSPS) is 12.7. The van der Waals surface area contributed by atoms with Crippen molar-refractivity contribution in [3.63, 3.8) is 0 Å². The van der Waals surface area contributed by atoms with Crippen LogP contribution < -0.4 is 0 Å².